The topological polar surface area (TPSA) is 26.9 Å². The summed E-state index contributed by atoms with van der Waals surface area (Å²) in [7, 11) is 0. The number of pyridine rings is 1. The van der Waals surface area contributed by atoms with Gasteiger partial charge in [0.15, 0.2) is 12.4 Å². The first kappa shape index (κ1) is 10.0. The number of aromatic nitrogens is 1. The predicted octanol–water partition coefficient (Wildman–Crippen LogP) is 2.25. The molecule has 0 saturated carbocycles. The van der Waals surface area contributed by atoms with Crippen molar-refractivity contribution in [3.8, 4) is 0 Å². The van der Waals surface area contributed by atoms with Gasteiger partial charge in [-0.2, -0.15) is 4.73 Å². The molecule has 1 aromatic heterocycles. The van der Waals surface area contributed by atoms with Crippen molar-refractivity contribution in [2.75, 3.05) is 0 Å². The highest BCUT2D eigenvalue weighted by atomic mass is 16.5. The van der Waals surface area contributed by atoms with Crippen LogP contribution in [-0.2, 0) is 5.41 Å². The Morgan fingerprint density at radius 1 is 1.38 bits per heavy atom. The first-order chi connectivity index (χ1) is 5.94. The standard InChI is InChI=1S/C11H17NO/c1-9(2)11(3,4)10-6-5-7-12(13)8-10/h5-9H,1-4H3. The van der Waals surface area contributed by atoms with Gasteiger partial charge in [0.05, 0.1) is 0 Å². The van der Waals surface area contributed by atoms with Crippen LogP contribution in [0.3, 0.4) is 0 Å². The molecule has 0 fully saturated rings. The Hall–Kier alpha value is -1.05. The van der Waals surface area contributed by atoms with E-state index < -0.39 is 0 Å². The molecule has 1 rings (SSSR count). The summed E-state index contributed by atoms with van der Waals surface area (Å²) < 4.78 is 0.861. The van der Waals surface area contributed by atoms with Crippen molar-refractivity contribution < 1.29 is 4.73 Å². The van der Waals surface area contributed by atoms with Crippen LogP contribution in [0.5, 0.6) is 0 Å². The predicted molar refractivity (Wildman–Crippen MR) is 53.3 cm³/mol. The van der Waals surface area contributed by atoms with Crippen LogP contribution >= 0.6 is 0 Å². The second kappa shape index (κ2) is 3.36. The fourth-order valence-corrected chi connectivity index (χ4v) is 1.17. The van der Waals surface area contributed by atoms with Crippen LogP contribution in [0.1, 0.15) is 33.3 Å². The fraction of sp³-hybridized carbons (Fsp3) is 0.545. The van der Waals surface area contributed by atoms with Crippen LogP contribution in [0.25, 0.3) is 0 Å². The minimum absolute atomic E-state index is 0.0629. The van der Waals surface area contributed by atoms with E-state index in [0.717, 1.165) is 10.3 Å². The zero-order valence-electron chi connectivity index (χ0n) is 8.74. The molecule has 0 atom stereocenters. The molecule has 0 spiro atoms. The average Bonchev–Trinajstić information content (AvgIpc) is 2.04. The SMILES string of the molecule is CC(C)C(C)(C)c1ccc[n+]([O-])c1. The van der Waals surface area contributed by atoms with Gasteiger partial charge in [0.2, 0.25) is 0 Å². The van der Waals surface area contributed by atoms with Crippen molar-refractivity contribution in [1.29, 1.82) is 0 Å². The third-order valence-corrected chi connectivity index (χ3v) is 2.96. The van der Waals surface area contributed by atoms with Crippen LogP contribution in [0.2, 0.25) is 0 Å². The Kier molecular flexibility index (Phi) is 2.60. The lowest BCUT2D eigenvalue weighted by atomic mass is 9.76. The number of hydrogen-bond acceptors (Lipinski definition) is 1. The van der Waals surface area contributed by atoms with Gasteiger partial charge < -0.3 is 5.21 Å². The second-order valence-electron chi connectivity index (χ2n) is 4.33. The third kappa shape index (κ3) is 2.00. The Morgan fingerprint density at radius 3 is 2.46 bits per heavy atom. The Labute approximate surface area is 79.8 Å². The van der Waals surface area contributed by atoms with Gasteiger partial charge in [-0.15, -0.1) is 0 Å². The molecule has 0 N–H and O–H groups in total. The van der Waals surface area contributed by atoms with Gasteiger partial charge in [-0.05, 0) is 17.4 Å². The summed E-state index contributed by atoms with van der Waals surface area (Å²) in [4.78, 5) is 0. The first-order valence-corrected chi connectivity index (χ1v) is 4.64. The number of nitrogens with zero attached hydrogens (tertiary/aromatic N) is 1. The maximum absolute atomic E-state index is 11.1. The smallest absolute Gasteiger partial charge is 0.184 e. The van der Waals surface area contributed by atoms with E-state index in [0.29, 0.717) is 5.92 Å². The van der Waals surface area contributed by atoms with Crippen LogP contribution < -0.4 is 4.73 Å². The second-order valence-corrected chi connectivity index (χ2v) is 4.33. The summed E-state index contributed by atoms with van der Waals surface area (Å²) in [6.07, 6.45) is 3.17. The summed E-state index contributed by atoms with van der Waals surface area (Å²) in [5.74, 6) is 0.523. The van der Waals surface area contributed by atoms with Gasteiger partial charge in [-0.25, -0.2) is 0 Å². The first-order valence-electron chi connectivity index (χ1n) is 4.64. The van der Waals surface area contributed by atoms with Crippen molar-refractivity contribution in [1.82, 2.24) is 0 Å². The zero-order valence-corrected chi connectivity index (χ0v) is 8.74. The highest BCUT2D eigenvalue weighted by Gasteiger charge is 2.26. The lowest BCUT2D eigenvalue weighted by molar-refractivity contribution is -0.606. The van der Waals surface area contributed by atoms with Crippen LogP contribution in [0, 0.1) is 11.1 Å². The molecule has 0 radical (unpaired) electrons. The third-order valence-electron chi connectivity index (χ3n) is 2.96. The lowest BCUT2D eigenvalue weighted by Gasteiger charge is -2.28. The van der Waals surface area contributed by atoms with Crippen molar-refractivity contribution in [2.45, 2.75) is 33.1 Å². The molecular weight excluding hydrogens is 162 g/mol. The van der Waals surface area contributed by atoms with E-state index >= 15 is 0 Å². The highest BCUT2D eigenvalue weighted by molar-refractivity contribution is 5.18. The van der Waals surface area contributed by atoms with Gasteiger partial charge in [0.1, 0.15) is 0 Å². The molecule has 13 heavy (non-hydrogen) atoms. The fourth-order valence-electron chi connectivity index (χ4n) is 1.17. The maximum atomic E-state index is 11.1. The molecule has 2 heteroatoms. The molecule has 0 aliphatic rings. The summed E-state index contributed by atoms with van der Waals surface area (Å²) in [5.41, 5.74) is 1.16. The van der Waals surface area contributed by atoms with Crippen LogP contribution in [-0.4, -0.2) is 0 Å². The monoisotopic (exact) mass is 179 g/mol. The van der Waals surface area contributed by atoms with Crippen molar-refractivity contribution >= 4 is 0 Å². The van der Waals surface area contributed by atoms with E-state index in [1.165, 1.54) is 6.20 Å². The largest absolute Gasteiger partial charge is 0.619 e. The molecule has 0 amide bonds. The Bertz CT molecular complexity index is 292. The van der Waals surface area contributed by atoms with Gasteiger partial charge in [-0.1, -0.05) is 27.7 Å². The maximum Gasteiger partial charge on any atom is 0.184 e. The average molecular weight is 179 g/mol. The molecular formula is C11H17NO. The summed E-state index contributed by atoms with van der Waals surface area (Å²) in [5, 5.41) is 11.1. The van der Waals surface area contributed by atoms with Gasteiger partial charge in [0.25, 0.3) is 0 Å². The molecule has 2 nitrogen and oxygen atoms in total. The van der Waals surface area contributed by atoms with E-state index in [2.05, 4.69) is 27.7 Å². The van der Waals surface area contributed by atoms with E-state index in [1.54, 1.807) is 12.3 Å². The van der Waals surface area contributed by atoms with Crippen molar-refractivity contribution in [3.05, 3.63) is 35.3 Å². The summed E-state index contributed by atoms with van der Waals surface area (Å²) in [6.45, 7) is 8.66. The molecule has 1 aromatic rings. The molecule has 0 saturated heterocycles. The van der Waals surface area contributed by atoms with Crippen LogP contribution in [0.15, 0.2) is 24.5 Å². The molecule has 0 aliphatic heterocycles. The summed E-state index contributed by atoms with van der Waals surface area (Å²) >= 11 is 0. The molecule has 1 heterocycles. The molecule has 72 valence electrons. The molecule has 0 aliphatic carbocycles. The van der Waals surface area contributed by atoms with E-state index in [1.807, 2.05) is 6.07 Å². The number of hydrogen-bond donors (Lipinski definition) is 0. The molecule has 0 unspecified atom stereocenters. The Balaban J connectivity index is 3.07. The zero-order chi connectivity index (χ0) is 10.1. The van der Waals surface area contributed by atoms with E-state index in [4.69, 9.17) is 0 Å². The summed E-state index contributed by atoms with van der Waals surface area (Å²) in [6, 6.07) is 3.81. The molecule has 0 aromatic carbocycles. The minimum Gasteiger partial charge on any atom is -0.619 e. The lowest BCUT2D eigenvalue weighted by Crippen LogP contribution is -2.31. The van der Waals surface area contributed by atoms with Crippen molar-refractivity contribution in [3.63, 3.8) is 0 Å². The van der Waals surface area contributed by atoms with E-state index in [9.17, 15) is 5.21 Å². The number of rotatable bonds is 2. The van der Waals surface area contributed by atoms with E-state index in [-0.39, 0.29) is 5.41 Å². The van der Waals surface area contributed by atoms with Crippen molar-refractivity contribution in [2.24, 2.45) is 5.92 Å². The van der Waals surface area contributed by atoms with Gasteiger partial charge >= 0.3 is 0 Å². The quantitative estimate of drug-likeness (QED) is 0.505. The molecule has 0 bridgehead atoms. The van der Waals surface area contributed by atoms with Gasteiger partial charge in [0, 0.05) is 11.6 Å². The van der Waals surface area contributed by atoms with Crippen LogP contribution in [0.4, 0.5) is 0 Å². The highest BCUT2D eigenvalue weighted by Crippen LogP contribution is 2.29. The minimum atomic E-state index is 0.0629. The Morgan fingerprint density at radius 2 is 2.00 bits per heavy atom. The normalized spacial score (nSPS) is 12.1. The van der Waals surface area contributed by atoms with Gasteiger partial charge in [-0.3, -0.25) is 0 Å².